The quantitative estimate of drug-likeness (QED) is 0.0861. The van der Waals surface area contributed by atoms with Gasteiger partial charge in [-0.25, -0.2) is 0 Å². The van der Waals surface area contributed by atoms with E-state index in [0.29, 0.717) is 132 Å². The van der Waals surface area contributed by atoms with Crippen LogP contribution in [0.5, 0.6) is 5.75 Å². The van der Waals surface area contributed by atoms with Gasteiger partial charge in [-0.1, -0.05) is 38.1 Å². The zero-order chi connectivity index (χ0) is 53.9. The Morgan fingerprint density at radius 2 is 1.33 bits per heavy atom. The minimum Gasteiger partial charge on any atom is -0.493 e. The molecule has 21 nitrogen and oxygen atoms in total. The molecule has 7 aliphatic rings. The topological polar surface area (TPSA) is 238 Å². The predicted octanol–water partition coefficient (Wildman–Crippen LogP) is 2.15. The second-order valence-electron chi connectivity index (χ2n) is 22.7. The van der Waals surface area contributed by atoms with E-state index in [9.17, 15) is 44.1 Å². The van der Waals surface area contributed by atoms with Crippen LogP contribution in [-0.4, -0.2) is 245 Å². The number of nitrogens with zero attached hydrogens (tertiary/aromatic N) is 8. The highest BCUT2D eigenvalue weighted by Crippen LogP contribution is 2.66. The van der Waals surface area contributed by atoms with Gasteiger partial charge in [0.05, 0.1) is 61.5 Å². The number of hydrogen-bond donors (Lipinski definition) is 4. The summed E-state index contributed by atoms with van der Waals surface area (Å²) in [5, 5.41) is 34.0. The molecule has 3 amide bonds. The number of rotatable bonds is 17. The highest BCUT2D eigenvalue weighted by molar-refractivity contribution is 6.48. The first-order valence-corrected chi connectivity index (χ1v) is 27.3. The summed E-state index contributed by atoms with van der Waals surface area (Å²) in [4.78, 5) is 95.0. The number of hydrogen-bond acceptors (Lipinski definition) is 15. The van der Waals surface area contributed by atoms with Crippen LogP contribution in [0.3, 0.4) is 0 Å². The van der Waals surface area contributed by atoms with Crippen LogP contribution < -0.4 is 10.1 Å². The number of nitrogens with one attached hydrogen (secondary N) is 1. The number of carboxylic acids is 3. The van der Waals surface area contributed by atoms with Crippen molar-refractivity contribution in [3.8, 4) is 5.75 Å². The molecule has 0 radical (unpaired) electrons. The molecule has 22 heteroatoms. The Morgan fingerprint density at radius 1 is 0.750 bits per heavy atom. The van der Waals surface area contributed by atoms with Gasteiger partial charge in [0.25, 0.3) is 5.91 Å². The summed E-state index contributed by atoms with van der Waals surface area (Å²) in [5.74, 6) is -2.18. The molecule has 3 saturated carbocycles. The number of ether oxygens (including phenoxy) is 1. The zero-order valence-electron chi connectivity index (χ0n) is 44.6. The Bertz CT molecular complexity index is 2610. The molecule has 1 aromatic heterocycles. The van der Waals surface area contributed by atoms with E-state index in [1.54, 1.807) is 33.9 Å². The molecule has 6 atom stereocenters. The monoisotopic (exact) mass is 1050 g/mol. The summed E-state index contributed by atoms with van der Waals surface area (Å²) < 4.78 is 19.9. The van der Waals surface area contributed by atoms with E-state index in [-0.39, 0.29) is 67.0 Å². The molecule has 10 rings (SSSR count). The highest BCUT2D eigenvalue weighted by atomic mass is 16.7. The van der Waals surface area contributed by atoms with Crippen LogP contribution in [0, 0.1) is 17.3 Å². The number of carbonyl (C=O) groups is 6. The van der Waals surface area contributed by atoms with Gasteiger partial charge < -0.3 is 44.5 Å². The molecule has 4 aliphatic heterocycles. The second kappa shape index (κ2) is 23.6. The summed E-state index contributed by atoms with van der Waals surface area (Å²) in [7, 11) is -0.496. The fraction of sp³-hybridized carbons (Fsp3) is 0.648. The molecule has 412 valence electrons. The minimum absolute atomic E-state index is 0.0201. The molecule has 4 saturated heterocycles. The summed E-state index contributed by atoms with van der Waals surface area (Å²) >= 11 is 0. The third-order valence-electron chi connectivity index (χ3n) is 17.5. The van der Waals surface area contributed by atoms with Crippen LogP contribution in [0.1, 0.15) is 70.2 Å². The molecule has 2 aromatic carbocycles. The standard InChI is InChI=1S/C54H76BN9O12/c1-36(52(73)64-15-7-11-45(64)55-75-44-30-37-29-43(53(37,2)3)54(44,4)76-55)57-51(72)40-12-13-56-50-39-10-6-5-9-38(39)42(31-41(40)50)74-28-8-14-58-24-26-63(27-25-58)46(65)32-59-16-18-60(33-47(66)67)20-22-62(35-49(70)71)23-21-61(19-17-59)34-48(68)69/h5-6,9-10,12-13,31,36-37,43-45H,7-8,11,14-30,32-35H2,1-4H3,(H,57,72)(H,66,67)(H,68,69)(H,70,71)/t36-,37?,43?,44?,45+,54?/m1/s1. The first kappa shape index (κ1) is 55.3. The van der Waals surface area contributed by atoms with Crippen molar-refractivity contribution in [3.63, 3.8) is 0 Å². The van der Waals surface area contributed by atoms with Crippen molar-refractivity contribution in [1.29, 1.82) is 0 Å². The number of piperazine rings is 1. The van der Waals surface area contributed by atoms with E-state index in [4.69, 9.17) is 19.0 Å². The van der Waals surface area contributed by atoms with Crippen LogP contribution in [0.2, 0.25) is 0 Å². The van der Waals surface area contributed by atoms with Crippen molar-refractivity contribution in [2.24, 2.45) is 17.3 Å². The van der Waals surface area contributed by atoms with Crippen molar-refractivity contribution >= 4 is 64.4 Å². The third-order valence-corrected chi connectivity index (χ3v) is 17.5. The number of aromatic nitrogens is 1. The van der Waals surface area contributed by atoms with Gasteiger partial charge in [0.2, 0.25) is 11.8 Å². The van der Waals surface area contributed by atoms with Crippen molar-refractivity contribution in [2.75, 3.05) is 124 Å². The summed E-state index contributed by atoms with van der Waals surface area (Å²) in [5.41, 5.74) is 0.885. The molecule has 2 bridgehead atoms. The van der Waals surface area contributed by atoms with Gasteiger partial charge in [0, 0.05) is 114 Å². The molecular weight excluding hydrogens is 977 g/mol. The predicted molar refractivity (Wildman–Crippen MR) is 283 cm³/mol. The number of fused-ring (bicyclic) bond motifs is 3. The highest BCUT2D eigenvalue weighted by Gasteiger charge is 2.69. The molecule has 5 heterocycles. The number of amides is 3. The maximum atomic E-state index is 14.2. The van der Waals surface area contributed by atoms with Gasteiger partial charge in [-0.3, -0.25) is 58.3 Å². The average Bonchev–Trinajstić information content (AvgIpc) is 4.22. The van der Waals surface area contributed by atoms with E-state index < -0.39 is 31.1 Å². The first-order valence-electron chi connectivity index (χ1n) is 27.3. The van der Waals surface area contributed by atoms with Gasteiger partial charge in [0.15, 0.2) is 0 Å². The van der Waals surface area contributed by atoms with Gasteiger partial charge >= 0.3 is 25.0 Å². The fourth-order valence-electron chi connectivity index (χ4n) is 13.0. The minimum atomic E-state index is -1.02. The number of likely N-dealkylation sites (tertiary alicyclic amines) is 1. The van der Waals surface area contributed by atoms with E-state index >= 15 is 0 Å². The normalized spacial score (nSPS) is 26.6. The number of pyridine rings is 1. The van der Waals surface area contributed by atoms with Crippen molar-refractivity contribution in [2.45, 2.75) is 83.5 Å². The maximum Gasteiger partial charge on any atom is 0.481 e. The van der Waals surface area contributed by atoms with Crippen LogP contribution in [0.15, 0.2) is 42.6 Å². The summed E-state index contributed by atoms with van der Waals surface area (Å²) in [6.07, 6.45) is 6.09. The SMILES string of the molecule is C[C@@H](NC(=O)c1ccnc2c1cc(OCCCN1CCN(C(=O)CN3CCN(CC(=O)O)CCN(CC(=O)O)CCN(CC(=O)O)CC3)CC1)c1ccccc12)C(=O)N1CCC[C@H]1B1OC2CC3CC(C3(C)C)C2(C)O1. The number of carbonyl (C=O) groups excluding carboxylic acids is 3. The van der Waals surface area contributed by atoms with E-state index in [1.165, 1.54) is 0 Å². The number of aliphatic carboxylic acids is 3. The van der Waals surface area contributed by atoms with Crippen molar-refractivity contribution in [1.82, 2.24) is 44.6 Å². The fourth-order valence-corrected chi connectivity index (χ4v) is 13.0. The summed E-state index contributed by atoms with van der Waals surface area (Å²) in [6, 6.07) is 10.6. The van der Waals surface area contributed by atoms with Gasteiger partial charge in [-0.05, 0) is 75.3 Å². The third kappa shape index (κ3) is 12.3. The van der Waals surface area contributed by atoms with Crippen molar-refractivity contribution < 1.29 is 58.1 Å². The smallest absolute Gasteiger partial charge is 0.481 e. The average molecular weight is 1050 g/mol. The largest absolute Gasteiger partial charge is 0.493 e. The first-order chi connectivity index (χ1) is 36.4. The Hall–Kier alpha value is -5.49. The van der Waals surface area contributed by atoms with Crippen LogP contribution in [0.4, 0.5) is 0 Å². The Kier molecular flexibility index (Phi) is 17.2. The lowest BCUT2D eigenvalue weighted by Crippen LogP contribution is -2.65. The maximum absolute atomic E-state index is 14.2. The van der Waals surface area contributed by atoms with Gasteiger partial charge in [0.1, 0.15) is 11.8 Å². The van der Waals surface area contributed by atoms with Gasteiger partial charge in [-0.15, -0.1) is 0 Å². The Labute approximate surface area is 444 Å². The number of carboxylic acid groups (broad SMARTS) is 3. The zero-order valence-corrected chi connectivity index (χ0v) is 44.6. The van der Waals surface area contributed by atoms with E-state index in [1.807, 2.05) is 45.0 Å². The Morgan fingerprint density at radius 3 is 1.92 bits per heavy atom. The molecule has 3 aliphatic carbocycles. The summed E-state index contributed by atoms with van der Waals surface area (Å²) in [6.45, 7) is 14.7. The van der Waals surface area contributed by atoms with Gasteiger partial charge in [-0.2, -0.15) is 0 Å². The van der Waals surface area contributed by atoms with E-state index in [2.05, 4.69) is 31.0 Å². The molecule has 7 fully saturated rings. The molecule has 4 unspecified atom stereocenters. The van der Waals surface area contributed by atoms with Crippen LogP contribution in [-0.2, 0) is 33.3 Å². The number of benzene rings is 2. The van der Waals surface area contributed by atoms with Crippen molar-refractivity contribution in [3.05, 3.63) is 48.2 Å². The molecule has 3 aromatic rings. The van der Waals surface area contributed by atoms with Crippen LogP contribution >= 0.6 is 0 Å². The molecular formula is C54H76BN9O12. The van der Waals surface area contributed by atoms with E-state index in [0.717, 1.165) is 43.0 Å². The second-order valence-corrected chi connectivity index (χ2v) is 22.7. The molecule has 76 heavy (non-hydrogen) atoms. The lowest BCUT2D eigenvalue weighted by atomic mass is 9.43. The lowest BCUT2D eigenvalue weighted by Gasteiger charge is -2.64. The lowest BCUT2D eigenvalue weighted by molar-refractivity contribution is -0.199. The molecule has 4 N–H and O–H groups in total. The Balaban J connectivity index is 0.775. The molecule has 0 spiro atoms. The van der Waals surface area contributed by atoms with Crippen LogP contribution in [0.25, 0.3) is 21.7 Å².